The number of hydrogen-bond donors (Lipinski definition) is 1. The molecule has 0 fully saturated rings. The Hall–Kier alpha value is -1.00. The molecule has 1 nitrogen and oxygen atoms in total. The van der Waals surface area contributed by atoms with Gasteiger partial charge in [0.25, 0.3) is 0 Å². The standard InChI is InChI=1S/C10H9ClF3N/c11-9-4-3-7(2-1-5-15)6-8(9)10(12,13)14/h1-4,6H,5,15H2. The lowest BCUT2D eigenvalue weighted by atomic mass is 10.1. The van der Waals surface area contributed by atoms with Crippen molar-refractivity contribution in [3.8, 4) is 0 Å². The van der Waals surface area contributed by atoms with Gasteiger partial charge < -0.3 is 5.73 Å². The molecule has 0 saturated heterocycles. The van der Waals surface area contributed by atoms with Crippen molar-refractivity contribution in [1.82, 2.24) is 0 Å². The van der Waals surface area contributed by atoms with Crippen molar-refractivity contribution < 1.29 is 13.2 Å². The van der Waals surface area contributed by atoms with Crippen molar-refractivity contribution in [3.05, 3.63) is 40.4 Å². The van der Waals surface area contributed by atoms with Crippen molar-refractivity contribution in [1.29, 1.82) is 0 Å². The van der Waals surface area contributed by atoms with E-state index in [0.29, 0.717) is 5.56 Å². The van der Waals surface area contributed by atoms with Crippen molar-refractivity contribution >= 4 is 17.7 Å². The third-order valence-electron chi connectivity index (χ3n) is 1.74. The summed E-state index contributed by atoms with van der Waals surface area (Å²) in [5.41, 5.74) is 4.79. The maximum Gasteiger partial charge on any atom is 0.417 e. The Kier molecular flexibility index (Phi) is 3.77. The summed E-state index contributed by atoms with van der Waals surface area (Å²) < 4.78 is 37.3. The van der Waals surface area contributed by atoms with Crippen molar-refractivity contribution in [2.45, 2.75) is 6.18 Å². The molecule has 15 heavy (non-hydrogen) atoms. The topological polar surface area (TPSA) is 26.0 Å². The van der Waals surface area contributed by atoms with Crippen molar-refractivity contribution in [2.24, 2.45) is 5.73 Å². The maximum absolute atomic E-state index is 12.4. The van der Waals surface area contributed by atoms with Crippen molar-refractivity contribution in [2.75, 3.05) is 6.54 Å². The summed E-state index contributed by atoms with van der Waals surface area (Å²) in [6.45, 7) is 0.282. The molecule has 0 heterocycles. The SMILES string of the molecule is NCC=Cc1ccc(Cl)c(C(F)(F)F)c1. The molecule has 0 aliphatic heterocycles. The lowest BCUT2D eigenvalue weighted by Crippen LogP contribution is -2.05. The molecule has 5 heteroatoms. The summed E-state index contributed by atoms with van der Waals surface area (Å²) in [6.07, 6.45) is -1.33. The van der Waals surface area contributed by atoms with Crippen LogP contribution in [0.4, 0.5) is 13.2 Å². The van der Waals surface area contributed by atoms with Gasteiger partial charge in [-0.1, -0.05) is 29.8 Å². The summed E-state index contributed by atoms with van der Waals surface area (Å²) in [7, 11) is 0. The smallest absolute Gasteiger partial charge is 0.327 e. The Bertz CT molecular complexity index is 371. The molecule has 1 aromatic rings. The second-order valence-corrected chi connectivity index (χ2v) is 3.28. The van der Waals surface area contributed by atoms with E-state index in [0.717, 1.165) is 6.07 Å². The highest BCUT2D eigenvalue weighted by Gasteiger charge is 2.33. The van der Waals surface area contributed by atoms with E-state index in [-0.39, 0.29) is 11.6 Å². The average Bonchev–Trinajstić information content (AvgIpc) is 2.15. The van der Waals surface area contributed by atoms with Crippen LogP contribution in [0.2, 0.25) is 5.02 Å². The molecule has 2 N–H and O–H groups in total. The Morgan fingerprint density at radius 3 is 2.53 bits per heavy atom. The monoisotopic (exact) mass is 235 g/mol. The molecule has 0 aliphatic rings. The minimum Gasteiger partial charge on any atom is -0.327 e. The first-order valence-corrected chi connectivity index (χ1v) is 4.56. The largest absolute Gasteiger partial charge is 0.417 e. The van der Waals surface area contributed by atoms with E-state index >= 15 is 0 Å². The van der Waals surface area contributed by atoms with Gasteiger partial charge in [0.2, 0.25) is 0 Å². The molecule has 0 radical (unpaired) electrons. The van der Waals surface area contributed by atoms with Crippen LogP contribution in [0.1, 0.15) is 11.1 Å². The molecule has 0 bridgehead atoms. The molecule has 0 atom stereocenters. The van der Waals surface area contributed by atoms with E-state index in [4.69, 9.17) is 17.3 Å². The van der Waals surface area contributed by atoms with Gasteiger partial charge in [-0.2, -0.15) is 13.2 Å². The predicted octanol–water partition coefficient (Wildman–Crippen LogP) is 3.33. The summed E-state index contributed by atoms with van der Waals surface area (Å²) in [6, 6.07) is 3.72. The highest BCUT2D eigenvalue weighted by molar-refractivity contribution is 6.31. The summed E-state index contributed by atoms with van der Waals surface area (Å²) in [5, 5.41) is -0.299. The van der Waals surface area contributed by atoms with Crippen LogP contribution in [-0.2, 0) is 6.18 Å². The van der Waals surface area contributed by atoms with Crippen LogP contribution in [0, 0.1) is 0 Å². The van der Waals surface area contributed by atoms with Crippen LogP contribution in [0.5, 0.6) is 0 Å². The number of alkyl halides is 3. The number of nitrogens with two attached hydrogens (primary N) is 1. The van der Waals surface area contributed by atoms with Crippen LogP contribution < -0.4 is 5.73 Å². The number of hydrogen-bond acceptors (Lipinski definition) is 1. The maximum atomic E-state index is 12.4. The van der Waals surface area contributed by atoms with Gasteiger partial charge in [-0.15, -0.1) is 0 Å². The highest BCUT2D eigenvalue weighted by Crippen LogP contribution is 2.35. The fourth-order valence-corrected chi connectivity index (χ4v) is 1.29. The fourth-order valence-electron chi connectivity index (χ4n) is 1.07. The van der Waals surface area contributed by atoms with Crippen LogP contribution in [0.3, 0.4) is 0 Å². The lowest BCUT2D eigenvalue weighted by molar-refractivity contribution is -0.137. The first-order chi connectivity index (χ1) is 6.95. The van der Waals surface area contributed by atoms with Gasteiger partial charge >= 0.3 is 6.18 Å². The summed E-state index contributed by atoms with van der Waals surface area (Å²) in [5.74, 6) is 0. The molecule has 0 unspecified atom stereocenters. The van der Waals surface area contributed by atoms with E-state index in [1.165, 1.54) is 18.2 Å². The fraction of sp³-hybridized carbons (Fsp3) is 0.200. The molecule has 0 aliphatic carbocycles. The van der Waals surface area contributed by atoms with E-state index in [9.17, 15) is 13.2 Å². The van der Waals surface area contributed by atoms with Gasteiger partial charge in [-0.05, 0) is 17.7 Å². The lowest BCUT2D eigenvalue weighted by Gasteiger charge is -2.09. The third kappa shape index (κ3) is 3.25. The van der Waals surface area contributed by atoms with E-state index in [1.54, 1.807) is 6.08 Å². The minimum absolute atomic E-state index is 0.282. The number of benzene rings is 1. The molecule has 0 aromatic heterocycles. The molecule has 1 rings (SSSR count). The molecule has 82 valence electrons. The van der Waals surface area contributed by atoms with E-state index in [2.05, 4.69) is 0 Å². The van der Waals surface area contributed by atoms with Gasteiger partial charge in [0.1, 0.15) is 0 Å². The average molecular weight is 236 g/mol. The molecular formula is C10H9ClF3N. The molecular weight excluding hydrogens is 227 g/mol. The van der Waals surface area contributed by atoms with Crippen molar-refractivity contribution in [3.63, 3.8) is 0 Å². The van der Waals surface area contributed by atoms with Gasteiger partial charge in [0, 0.05) is 6.54 Å². The third-order valence-corrected chi connectivity index (χ3v) is 2.07. The summed E-state index contributed by atoms with van der Waals surface area (Å²) in [4.78, 5) is 0. The zero-order valence-electron chi connectivity index (χ0n) is 7.68. The van der Waals surface area contributed by atoms with E-state index < -0.39 is 11.7 Å². The number of rotatable bonds is 2. The van der Waals surface area contributed by atoms with Crippen LogP contribution in [-0.4, -0.2) is 6.54 Å². The Morgan fingerprint density at radius 2 is 2.00 bits per heavy atom. The second kappa shape index (κ2) is 4.68. The normalized spacial score (nSPS) is 12.3. The second-order valence-electron chi connectivity index (χ2n) is 2.88. The van der Waals surface area contributed by atoms with Crippen LogP contribution >= 0.6 is 11.6 Å². The van der Waals surface area contributed by atoms with Gasteiger partial charge in [0.05, 0.1) is 10.6 Å². The highest BCUT2D eigenvalue weighted by atomic mass is 35.5. The first kappa shape index (κ1) is 12.1. The minimum atomic E-state index is -4.43. The Labute approximate surface area is 90.3 Å². The van der Waals surface area contributed by atoms with Crippen LogP contribution in [0.25, 0.3) is 6.08 Å². The summed E-state index contributed by atoms with van der Waals surface area (Å²) >= 11 is 5.45. The molecule has 0 spiro atoms. The molecule has 0 amide bonds. The van der Waals surface area contributed by atoms with E-state index in [1.807, 2.05) is 0 Å². The van der Waals surface area contributed by atoms with Gasteiger partial charge in [0.15, 0.2) is 0 Å². The first-order valence-electron chi connectivity index (χ1n) is 4.18. The predicted molar refractivity (Wildman–Crippen MR) is 54.5 cm³/mol. The Balaban J connectivity index is 3.11. The number of halogens is 4. The zero-order chi connectivity index (χ0) is 11.5. The zero-order valence-corrected chi connectivity index (χ0v) is 8.44. The van der Waals surface area contributed by atoms with Gasteiger partial charge in [-0.3, -0.25) is 0 Å². The quantitative estimate of drug-likeness (QED) is 0.836. The molecule has 1 aromatic carbocycles. The van der Waals surface area contributed by atoms with Crippen LogP contribution in [0.15, 0.2) is 24.3 Å². The van der Waals surface area contributed by atoms with Gasteiger partial charge in [-0.25, -0.2) is 0 Å². The molecule has 0 saturated carbocycles. The Morgan fingerprint density at radius 1 is 1.33 bits per heavy atom.